The maximum absolute atomic E-state index is 13.5. The summed E-state index contributed by atoms with van der Waals surface area (Å²) in [5.41, 5.74) is 4.10. The van der Waals surface area contributed by atoms with Gasteiger partial charge in [0.15, 0.2) is 0 Å². The van der Waals surface area contributed by atoms with Gasteiger partial charge in [0.25, 0.3) is 11.8 Å². The second-order valence-electron chi connectivity index (χ2n) is 8.00. The van der Waals surface area contributed by atoms with Crippen molar-refractivity contribution >= 4 is 28.8 Å². The Balaban J connectivity index is 1.64. The summed E-state index contributed by atoms with van der Waals surface area (Å²) in [4.78, 5) is 30.4. The van der Waals surface area contributed by atoms with E-state index in [9.17, 15) is 9.59 Å². The third-order valence-electron chi connectivity index (χ3n) is 6.00. The van der Waals surface area contributed by atoms with Crippen molar-refractivity contribution in [3.8, 4) is 5.75 Å². The summed E-state index contributed by atoms with van der Waals surface area (Å²) in [6.45, 7) is 6.25. The Morgan fingerprint density at radius 3 is 2.06 bits per heavy atom. The highest BCUT2D eigenvalue weighted by atomic mass is 16.5. The monoisotopic (exact) mass is 455 g/mol. The molecular weight excluding hydrogens is 426 g/mol. The number of imide groups is 1. The van der Waals surface area contributed by atoms with Gasteiger partial charge in [-0.2, -0.15) is 0 Å². The topological polar surface area (TPSA) is 61.9 Å². The number of benzene rings is 3. The van der Waals surface area contributed by atoms with Gasteiger partial charge in [-0.15, -0.1) is 0 Å². The molecule has 0 aliphatic carbocycles. The van der Waals surface area contributed by atoms with Gasteiger partial charge in [-0.25, -0.2) is 0 Å². The lowest BCUT2D eigenvalue weighted by Crippen LogP contribution is -2.32. The molecule has 174 valence electrons. The van der Waals surface area contributed by atoms with Gasteiger partial charge in [-0.3, -0.25) is 14.5 Å². The Morgan fingerprint density at radius 2 is 1.47 bits per heavy atom. The normalized spacial score (nSPS) is 13.4. The van der Waals surface area contributed by atoms with Crippen molar-refractivity contribution in [2.75, 3.05) is 30.4 Å². The molecule has 0 saturated heterocycles. The first-order valence-corrected chi connectivity index (χ1v) is 11.5. The summed E-state index contributed by atoms with van der Waals surface area (Å²) in [5.74, 6) is 0.0724. The maximum Gasteiger partial charge on any atom is 0.278 e. The molecule has 1 heterocycles. The van der Waals surface area contributed by atoms with Crippen molar-refractivity contribution in [3.05, 3.63) is 95.7 Å². The van der Waals surface area contributed by atoms with Crippen molar-refractivity contribution in [3.63, 3.8) is 0 Å². The molecule has 0 spiro atoms. The predicted octanol–water partition coefficient (Wildman–Crippen LogP) is 4.93. The average Bonchev–Trinajstić information content (AvgIpc) is 3.10. The second-order valence-corrected chi connectivity index (χ2v) is 8.00. The minimum absolute atomic E-state index is 0.185. The van der Waals surface area contributed by atoms with E-state index in [0.717, 1.165) is 35.8 Å². The van der Waals surface area contributed by atoms with Crippen LogP contribution in [0.25, 0.3) is 5.57 Å². The molecule has 0 atom stereocenters. The van der Waals surface area contributed by atoms with Gasteiger partial charge < -0.3 is 15.0 Å². The van der Waals surface area contributed by atoms with E-state index in [4.69, 9.17) is 4.74 Å². The van der Waals surface area contributed by atoms with Gasteiger partial charge in [0, 0.05) is 24.5 Å². The van der Waals surface area contributed by atoms with E-state index in [1.807, 2.05) is 78.9 Å². The minimum atomic E-state index is -0.340. The fraction of sp³-hybridized carbons (Fsp3) is 0.214. The number of nitrogens with one attached hydrogen (secondary N) is 1. The van der Waals surface area contributed by atoms with Crippen LogP contribution in [0, 0.1) is 0 Å². The zero-order chi connectivity index (χ0) is 24.1. The van der Waals surface area contributed by atoms with Gasteiger partial charge in [0.2, 0.25) is 0 Å². The number of hydrogen-bond donors (Lipinski definition) is 1. The third kappa shape index (κ3) is 4.66. The maximum atomic E-state index is 13.5. The first-order valence-electron chi connectivity index (χ1n) is 11.5. The summed E-state index contributed by atoms with van der Waals surface area (Å²) in [6.07, 6.45) is 0. The smallest absolute Gasteiger partial charge is 0.278 e. The molecule has 3 aromatic rings. The van der Waals surface area contributed by atoms with Crippen LogP contribution in [0.3, 0.4) is 0 Å². The zero-order valence-electron chi connectivity index (χ0n) is 19.7. The lowest BCUT2D eigenvalue weighted by molar-refractivity contribution is -0.137. The summed E-state index contributed by atoms with van der Waals surface area (Å²) in [6, 6.07) is 24.6. The van der Waals surface area contributed by atoms with Gasteiger partial charge in [0.1, 0.15) is 11.4 Å². The summed E-state index contributed by atoms with van der Waals surface area (Å²) in [5, 5.41) is 3.23. The molecule has 4 rings (SSSR count). The molecule has 6 nitrogen and oxygen atoms in total. The van der Waals surface area contributed by atoms with Crippen LogP contribution in [0.1, 0.15) is 25.0 Å². The number of methoxy groups -OCH3 is 1. The Labute approximate surface area is 200 Å². The van der Waals surface area contributed by atoms with Crippen LogP contribution in [0.15, 0.2) is 84.6 Å². The molecule has 0 aromatic heterocycles. The van der Waals surface area contributed by atoms with Crippen LogP contribution >= 0.6 is 0 Å². The Hall–Kier alpha value is -4.06. The fourth-order valence-corrected chi connectivity index (χ4v) is 4.11. The van der Waals surface area contributed by atoms with Crippen molar-refractivity contribution in [2.24, 2.45) is 0 Å². The molecule has 3 aromatic carbocycles. The third-order valence-corrected chi connectivity index (χ3v) is 6.00. The molecule has 6 heteroatoms. The standard InChI is InChI=1S/C28H29N3O3/c1-4-30(5-2)23-15-13-22(14-16-23)29-26-25(21-9-7-6-8-10-21)27(32)31(28(26)33)19-20-11-17-24(34-3)18-12-20/h6-18,29H,4-5,19H2,1-3H3. The Kier molecular flexibility index (Phi) is 6.97. The number of ether oxygens (including phenoxy) is 1. The largest absolute Gasteiger partial charge is 0.497 e. The number of rotatable bonds is 9. The molecule has 2 amide bonds. The van der Waals surface area contributed by atoms with Crippen LogP contribution in [0.5, 0.6) is 5.75 Å². The Bertz CT molecular complexity index is 1180. The summed E-state index contributed by atoms with van der Waals surface area (Å²) in [7, 11) is 1.60. The van der Waals surface area contributed by atoms with E-state index < -0.39 is 0 Å². The number of hydrogen-bond acceptors (Lipinski definition) is 5. The highest BCUT2D eigenvalue weighted by Gasteiger charge is 2.39. The van der Waals surface area contributed by atoms with Crippen LogP contribution < -0.4 is 15.0 Å². The van der Waals surface area contributed by atoms with E-state index >= 15 is 0 Å². The van der Waals surface area contributed by atoms with Gasteiger partial charge >= 0.3 is 0 Å². The molecule has 0 bridgehead atoms. The second kappa shape index (κ2) is 10.3. The van der Waals surface area contributed by atoms with Crippen molar-refractivity contribution in [2.45, 2.75) is 20.4 Å². The van der Waals surface area contributed by atoms with Crippen molar-refractivity contribution in [1.82, 2.24) is 4.90 Å². The molecule has 0 fully saturated rings. The lowest BCUT2D eigenvalue weighted by atomic mass is 10.0. The fourth-order valence-electron chi connectivity index (χ4n) is 4.11. The number of carbonyl (C=O) groups excluding carboxylic acids is 2. The first-order chi connectivity index (χ1) is 16.5. The van der Waals surface area contributed by atoms with Gasteiger partial charge in [-0.05, 0) is 61.4 Å². The molecule has 0 unspecified atom stereocenters. The molecule has 34 heavy (non-hydrogen) atoms. The van der Waals surface area contributed by atoms with E-state index in [0.29, 0.717) is 16.8 Å². The van der Waals surface area contributed by atoms with Crippen molar-refractivity contribution < 1.29 is 14.3 Å². The van der Waals surface area contributed by atoms with Crippen LogP contribution in [0.4, 0.5) is 11.4 Å². The SMILES string of the molecule is CCN(CC)c1ccc(NC2=C(c3ccccc3)C(=O)N(Cc3ccc(OC)cc3)C2=O)cc1. The minimum Gasteiger partial charge on any atom is -0.497 e. The predicted molar refractivity (Wildman–Crippen MR) is 136 cm³/mol. The summed E-state index contributed by atoms with van der Waals surface area (Å²) >= 11 is 0. The number of carbonyl (C=O) groups is 2. The first kappa shape index (κ1) is 23.1. The highest BCUT2D eigenvalue weighted by molar-refractivity contribution is 6.36. The molecule has 1 N–H and O–H groups in total. The quantitative estimate of drug-likeness (QED) is 0.464. The lowest BCUT2D eigenvalue weighted by Gasteiger charge is -2.21. The van der Waals surface area contributed by atoms with E-state index in [-0.39, 0.29) is 18.4 Å². The van der Waals surface area contributed by atoms with Crippen LogP contribution in [-0.4, -0.2) is 36.9 Å². The Morgan fingerprint density at radius 1 is 0.824 bits per heavy atom. The van der Waals surface area contributed by atoms with Crippen LogP contribution in [-0.2, 0) is 16.1 Å². The van der Waals surface area contributed by atoms with Crippen LogP contribution in [0.2, 0.25) is 0 Å². The number of nitrogens with zero attached hydrogens (tertiary/aromatic N) is 2. The van der Waals surface area contributed by atoms with E-state index in [2.05, 4.69) is 24.1 Å². The van der Waals surface area contributed by atoms with E-state index in [1.54, 1.807) is 7.11 Å². The molecular formula is C28H29N3O3. The highest BCUT2D eigenvalue weighted by Crippen LogP contribution is 2.32. The molecule has 1 aliphatic heterocycles. The summed E-state index contributed by atoms with van der Waals surface area (Å²) < 4.78 is 5.21. The zero-order valence-corrected chi connectivity index (χ0v) is 19.7. The van der Waals surface area contributed by atoms with Gasteiger partial charge in [0.05, 0.1) is 19.2 Å². The molecule has 1 aliphatic rings. The van der Waals surface area contributed by atoms with E-state index in [1.165, 1.54) is 4.90 Å². The van der Waals surface area contributed by atoms with Gasteiger partial charge in [-0.1, -0.05) is 42.5 Å². The van der Waals surface area contributed by atoms with Crippen molar-refractivity contribution in [1.29, 1.82) is 0 Å². The molecule has 0 radical (unpaired) electrons. The average molecular weight is 456 g/mol. The number of anilines is 2. The number of amides is 2. The molecule has 0 saturated carbocycles.